The molecular weight excluding hydrogens is 1490 g/mol. The SMILES string of the molecule is Cc1cccc(-c2cc(N)ncc2Br)n1.Cc1cccc(-c2cc3nccn3cc2-c2ccc3ncc(C(N)=O)n3c2)n1.Cc1cccc(-c2cc3nccn3cc2Br)n1.Cc1cccc(-c2ccnc(N)c2)n1.Cc1cccc(Br)n1.Nc1cc(O[B]O)ccn1.O=CCCl.[B]=NS. The van der Waals surface area contributed by atoms with Gasteiger partial charge in [-0.2, -0.15) is 0 Å². The van der Waals surface area contributed by atoms with Crippen molar-refractivity contribution in [3.05, 3.63) is 261 Å². The van der Waals surface area contributed by atoms with E-state index in [0.29, 0.717) is 48.5 Å². The van der Waals surface area contributed by atoms with Crippen LogP contribution in [0.15, 0.2) is 232 Å². The molecule has 2 radical (unpaired) electrons. The second-order valence-electron chi connectivity index (χ2n) is 20.6. The Kier molecular flexibility index (Phi) is 29.5. The Morgan fingerprint density at radius 2 is 1.04 bits per heavy atom. The summed E-state index contributed by atoms with van der Waals surface area (Å²) in [5.41, 5.74) is 39.3. The van der Waals surface area contributed by atoms with Gasteiger partial charge in [-0.15, -0.1) is 11.6 Å². The van der Waals surface area contributed by atoms with Crippen molar-refractivity contribution in [2.24, 2.45) is 10.0 Å². The van der Waals surface area contributed by atoms with Crippen LogP contribution in [-0.2, 0) is 4.79 Å². The molecule has 14 aromatic rings. The van der Waals surface area contributed by atoms with E-state index < -0.39 is 5.91 Å². The van der Waals surface area contributed by atoms with Crippen LogP contribution in [0.2, 0.25) is 0 Å². The number of aromatic nitrogens is 14. The molecule has 0 atom stereocenters. The van der Waals surface area contributed by atoms with Crippen LogP contribution in [-0.4, -0.2) is 106 Å². The summed E-state index contributed by atoms with van der Waals surface area (Å²) < 4.78 is 15.8. The van der Waals surface area contributed by atoms with E-state index in [4.69, 9.17) is 44.4 Å². The predicted octanol–water partition coefficient (Wildman–Crippen LogP) is 13.7. The number of amides is 1. The van der Waals surface area contributed by atoms with E-state index >= 15 is 0 Å². The van der Waals surface area contributed by atoms with E-state index in [-0.39, 0.29) is 5.88 Å². The molecule has 0 fully saturated rings. The molecule has 0 saturated heterocycles. The summed E-state index contributed by atoms with van der Waals surface area (Å²) in [5.74, 6) is 1.44. The number of fused-ring (bicyclic) bond motifs is 3. The van der Waals surface area contributed by atoms with Crippen LogP contribution in [0.3, 0.4) is 0 Å². The van der Waals surface area contributed by atoms with Crippen molar-refractivity contribution >= 4 is 134 Å². The zero-order chi connectivity index (χ0) is 71.4. The number of aryl methyl sites for hydroxylation is 5. The molecule has 14 aromatic heterocycles. The number of carbonyl (C=O) groups is 2. The standard InChI is InChI=1S/C21H16N6O.C13H10BrN3.C11H10BrN3.C11H11N3.C6H6BrN.C5H6BN2O2.C2H3ClO.BHNS/c1-13-3-2-4-17(25-13)15-9-20-23-7-8-26(20)12-16(15)14-5-6-19-24-10-18(21(22)28)27(19)11-14;1-9-3-2-4-12(16-9)10-7-13-15-5-6-17(13)8-11(10)14;1-7-3-2-4-10(15-7)8-5-11(13)14-6-9(8)12;1-8-3-2-4-10(14-8)9-5-6-13-11(12)7-9;1-5-3-2-4-6(7)8-5;7-5-3-4(10-6-9)1-2-8-5;3-1-2-4;1-2-3/h2-12H,1H3,(H2,22,28);2-8H,1H3;2-6H,1H3,(H2,13,14);2-7H,1H3,(H2,12,13);2-4H,1H3;1-3,9H,(H2,7,8);2H,1H2;3H. The van der Waals surface area contributed by atoms with Crippen LogP contribution in [0.1, 0.15) is 39.0 Å². The van der Waals surface area contributed by atoms with Gasteiger partial charge < -0.3 is 46.2 Å². The molecule has 0 aliphatic rings. The fraction of sp³-hybridized carbons (Fsp3) is 0.0870. The molecule has 30 heteroatoms. The zero-order valence-electron chi connectivity index (χ0n) is 53.8. The van der Waals surface area contributed by atoms with Gasteiger partial charge in [-0.1, -0.05) is 30.3 Å². The normalized spacial score (nSPS) is 10.1. The molecule has 0 spiro atoms. The first-order chi connectivity index (χ1) is 47.7. The van der Waals surface area contributed by atoms with E-state index in [1.165, 1.54) is 18.5 Å². The number of anilines is 3. The number of hydrogen-bond acceptors (Lipinski definition) is 20. The first kappa shape index (κ1) is 76.0. The van der Waals surface area contributed by atoms with Crippen molar-refractivity contribution in [2.45, 2.75) is 34.6 Å². The number of hydrogen-bond donors (Lipinski definition) is 6. The quantitative estimate of drug-likeness (QED) is 0.0257. The van der Waals surface area contributed by atoms with Crippen molar-refractivity contribution < 1.29 is 19.3 Å². The molecule has 498 valence electrons. The number of alkyl halides is 1. The van der Waals surface area contributed by atoms with Gasteiger partial charge in [0.05, 0.1) is 34.9 Å². The molecule has 23 nitrogen and oxygen atoms in total. The maximum atomic E-state index is 11.7. The average Bonchev–Trinajstić information content (AvgIpc) is 1.73. The third-order valence-corrected chi connectivity index (χ3v) is 15.1. The Balaban J connectivity index is 0.000000171. The van der Waals surface area contributed by atoms with Gasteiger partial charge in [0.15, 0.2) is 0 Å². The van der Waals surface area contributed by atoms with Gasteiger partial charge in [-0.3, -0.25) is 29.1 Å². The third-order valence-electron chi connectivity index (χ3n) is 13.3. The molecule has 0 aliphatic carbocycles. The van der Waals surface area contributed by atoms with Crippen LogP contribution in [0, 0.1) is 34.6 Å². The number of primary amides is 1. The fourth-order valence-electron chi connectivity index (χ4n) is 8.97. The summed E-state index contributed by atoms with van der Waals surface area (Å²) in [7, 11) is 4.93. The van der Waals surface area contributed by atoms with Crippen molar-refractivity contribution in [1.82, 2.24) is 68.0 Å². The summed E-state index contributed by atoms with van der Waals surface area (Å²) in [5, 5.41) is 8.20. The Labute approximate surface area is 608 Å². The number of imidazole rings is 3. The molecular formula is C69H63B2Br3ClN19O4S. The maximum absolute atomic E-state index is 11.7. The van der Waals surface area contributed by atoms with Crippen LogP contribution < -0.4 is 27.6 Å². The Morgan fingerprint density at radius 3 is 1.55 bits per heavy atom. The number of nitrogen functional groups attached to an aromatic ring is 3. The van der Waals surface area contributed by atoms with E-state index in [0.717, 1.165) is 109 Å². The molecule has 9 N–H and O–H groups in total. The van der Waals surface area contributed by atoms with Crippen molar-refractivity contribution in [1.29, 1.82) is 0 Å². The minimum absolute atomic E-state index is 0.111. The second-order valence-corrected chi connectivity index (χ2v) is 23.6. The average molecular weight is 1550 g/mol. The molecule has 99 heavy (non-hydrogen) atoms. The molecule has 14 rings (SSSR count). The Morgan fingerprint density at radius 1 is 0.556 bits per heavy atom. The van der Waals surface area contributed by atoms with E-state index in [9.17, 15) is 4.79 Å². The molecule has 1 amide bonds. The molecule has 14 heterocycles. The summed E-state index contributed by atoms with van der Waals surface area (Å²) in [6.45, 7) is 9.85. The van der Waals surface area contributed by atoms with Crippen LogP contribution in [0.5, 0.6) is 5.75 Å². The summed E-state index contributed by atoms with van der Waals surface area (Å²) >= 11 is 18.3. The number of carbonyl (C=O) groups excluding carboxylic acids is 2. The Bertz CT molecular complexity index is 4950. The van der Waals surface area contributed by atoms with Crippen molar-refractivity contribution in [2.75, 3.05) is 23.1 Å². The zero-order valence-corrected chi connectivity index (χ0v) is 60.2. The number of pyridine rings is 11. The van der Waals surface area contributed by atoms with Crippen LogP contribution in [0.25, 0.3) is 73.1 Å². The first-order valence-electron chi connectivity index (χ1n) is 29.4. The van der Waals surface area contributed by atoms with Gasteiger partial charge in [-0.25, -0.2) is 34.9 Å². The topological polar surface area (TPSA) is 335 Å². The van der Waals surface area contributed by atoms with E-state index in [1.54, 1.807) is 35.3 Å². The summed E-state index contributed by atoms with van der Waals surface area (Å²) in [6, 6.07) is 46.1. The number of aldehydes is 1. The van der Waals surface area contributed by atoms with Gasteiger partial charge >= 0.3 is 32.4 Å². The predicted molar refractivity (Wildman–Crippen MR) is 406 cm³/mol. The first-order valence-corrected chi connectivity index (χ1v) is 32.7. The molecule has 0 saturated carbocycles. The van der Waals surface area contributed by atoms with Gasteiger partial charge in [0.1, 0.15) is 56.7 Å². The summed E-state index contributed by atoms with van der Waals surface area (Å²) in [4.78, 5) is 67.5. The monoisotopic (exact) mass is 1550 g/mol. The van der Waals surface area contributed by atoms with Crippen LogP contribution >= 0.6 is 72.2 Å². The van der Waals surface area contributed by atoms with Gasteiger partial charge in [0.25, 0.3) is 5.91 Å². The number of thiol groups is 1. The van der Waals surface area contributed by atoms with E-state index in [2.05, 4.69) is 132 Å². The van der Waals surface area contributed by atoms with Crippen molar-refractivity contribution in [3.63, 3.8) is 0 Å². The van der Waals surface area contributed by atoms with Gasteiger partial charge in [0, 0.05) is 139 Å². The molecule has 0 aromatic carbocycles. The Hall–Kier alpha value is -10.4. The van der Waals surface area contributed by atoms with Crippen LogP contribution in [0.4, 0.5) is 17.5 Å². The number of halogens is 4. The minimum atomic E-state index is -0.518. The van der Waals surface area contributed by atoms with Gasteiger partial charge in [0.2, 0.25) is 0 Å². The molecule has 0 unspecified atom stereocenters. The third kappa shape index (κ3) is 23.1. The number of nitrogens with two attached hydrogens (primary N) is 4. The number of rotatable bonds is 9. The van der Waals surface area contributed by atoms with Crippen molar-refractivity contribution in [3.8, 4) is 61.9 Å². The second kappa shape index (κ2) is 38.5. The fourth-order valence-corrected chi connectivity index (χ4v) is 10.4. The molecule has 0 aliphatic heterocycles. The van der Waals surface area contributed by atoms with Gasteiger partial charge in [-0.05, 0) is 192 Å². The summed E-state index contributed by atoms with van der Waals surface area (Å²) in [6.07, 6.45) is 20.3. The number of nitrogens with zero attached hydrogens (tertiary/aromatic N) is 15. The molecule has 0 bridgehead atoms. The van der Waals surface area contributed by atoms with E-state index in [1.807, 2.05) is 208 Å².